The van der Waals surface area contributed by atoms with Gasteiger partial charge in [0.25, 0.3) is 0 Å². The smallest absolute Gasteiger partial charge is 0.321 e. The lowest BCUT2D eigenvalue weighted by Gasteiger charge is -2.39. The third kappa shape index (κ3) is 3.15. The lowest BCUT2D eigenvalue weighted by atomic mass is 10.0. The van der Waals surface area contributed by atoms with Crippen LogP contribution in [0.15, 0.2) is 28.7 Å². The van der Waals surface area contributed by atoms with Crippen molar-refractivity contribution >= 4 is 33.7 Å². The first-order valence-corrected chi connectivity index (χ1v) is 8.03. The van der Waals surface area contributed by atoms with Crippen LogP contribution in [0.2, 0.25) is 0 Å². The topological polar surface area (TPSA) is 40.5 Å². The largest absolute Gasteiger partial charge is 0.480 e. The van der Waals surface area contributed by atoms with E-state index in [1.807, 2.05) is 12.1 Å². The normalized spacial score (nSPS) is 24.6. The van der Waals surface area contributed by atoms with Crippen molar-refractivity contribution in [3.8, 4) is 0 Å². The second-order valence-corrected chi connectivity index (χ2v) is 7.70. The summed E-state index contributed by atoms with van der Waals surface area (Å²) in [5.41, 5.74) is 0.970. The molecule has 1 aromatic rings. The third-order valence-electron chi connectivity index (χ3n) is 3.19. The monoisotopic (exact) mass is 343 g/mol. The van der Waals surface area contributed by atoms with Crippen LogP contribution in [0.1, 0.15) is 31.7 Å². The van der Waals surface area contributed by atoms with Crippen molar-refractivity contribution < 1.29 is 9.90 Å². The molecule has 1 aromatic carbocycles. The molecule has 0 aliphatic carbocycles. The SMILES string of the molecule is CC(C)(C)N1[C@@H](c2cccc(Br)c2)SC[C@H]1C(=O)O. The summed E-state index contributed by atoms with van der Waals surface area (Å²) in [6, 6.07) is 7.69. The number of carboxylic acids is 1. The molecule has 0 saturated carbocycles. The van der Waals surface area contributed by atoms with Crippen molar-refractivity contribution in [3.05, 3.63) is 34.3 Å². The van der Waals surface area contributed by atoms with Crippen LogP contribution in [0, 0.1) is 0 Å². The molecule has 0 radical (unpaired) electrons. The summed E-state index contributed by atoms with van der Waals surface area (Å²) in [5.74, 6) is -0.107. The summed E-state index contributed by atoms with van der Waals surface area (Å²) in [6.07, 6.45) is 0. The number of benzene rings is 1. The maximum absolute atomic E-state index is 11.4. The van der Waals surface area contributed by atoms with Gasteiger partial charge in [0, 0.05) is 15.8 Å². The van der Waals surface area contributed by atoms with Crippen LogP contribution >= 0.6 is 27.7 Å². The van der Waals surface area contributed by atoms with Gasteiger partial charge >= 0.3 is 5.97 Å². The highest BCUT2D eigenvalue weighted by atomic mass is 79.9. The minimum atomic E-state index is -0.736. The van der Waals surface area contributed by atoms with E-state index in [2.05, 4.69) is 53.7 Å². The molecule has 1 aliphatic rings. The molecule has 1 aliphatic heterocycles. The zero-order valence-electron chi connectivity index (χ0n) is 11.3. The fourth-order valence-electron chi connectivity index (χ4n) is 2.43. The second-order valence-electron chi connectivity index (χ2n) is 5.67. The number of aliphatic carboxylic acids is 1. The van der Waals surface area contributed by atoms with Crippen molar-refractivity contribution in [1.29, 1.82) is 0 Å². The van der Waals surface area contributed by atoms with Crippen LogP contribution in [0.25, 0.3) is 0 Å². The predicted molar refractivity (Wildman–Crippen MR) is 82.4 cm³/mol. The van der Waals surface area contributed by atoms with Gasteiger partial charge in [-0.3, -0.25) is 9.69 Å². The van der Waals surface area contributed by atoms with Crippen LogP contribution in [-0.4, -0.2) is 33.3 Å². The molecule has 104 valence electrons. The zero-order chi connectivity index (χ0) is 14.2. The number of thioether (sulfide) groups is 1. The Hall–Kier alpha value is -0.520. The fraction of sp³-hybridized carbons (Fsp3) is 0.500. The molecule has 0 aromatic heterocycles. The van der Waals surface area contributed by atoms with Crippen LogP contribution in [0.4, 0.5) is 0 Å². The van der Waals surface area contributed by atoms with Gasteiger partial charge in [0.15, 0.2) is 0 Å². The van der Waals surface area contributed by atoms with Crippen LogP contribution in [-0.2, 0) is 4.79 Å². The van der Waals surface area contributed by atoms with E-state index >= 15 is 0 Å². The van der Waals surface area contributed by atoms with Gasteiger partial charge in [-0.05, 0) is 38.5 Å². The molecule has 1 fully saturated rings. The summed E-state index contributed by atoms with van der Waals surface area (Å²) in [4.78, 5) is 13.5. The van der Waals surface area contributed by atoms with Gasteiger partial charge < -0.3 is 5.11 Å². The number of hydrogen-bond acceptors (Lipinski definition) is 3. The highest BCUT2D eigenvalue weighted by Crippen LogP contribution is 2.45. The first-order chi connectivity index (χ1) is 8.80. The minimum absolute atomic E-state index is 0.0959. The molecular formula is C14H18BrNO2S. The third-order valence-corrected chi connectivity index (χ3v) is 5.01. The van der Waals surface area contributed by atoms with Crippen molar-refractivity contribution in [1.82, 2.24) is 4.90 Å². The van der Waals surface area contributed by atoms with E-state index < -0.39 is 12.0 Å². The van der Waals surface area contributed by atoms with E-state index in [1.54, 1.807) is 11.8 Å². The predicted octanol–water partition coefficient (Wildman–Crippen LogP) is 3.75. The number of hydrogen-bond donors (Lipinski definition) is 1. The van der Waals surface area contributed by atoms with Gasteiger partial charge in [-0.15, -0.1) is 11.8 Å². The summed E-state index contributed by atoms with van der Waals surface area (Å²) in [6.45, 7) is 6.21. The number of carbonyl (C=O) groups is 1. The summed E-state index contributed by atoms with van der Waals surface area (Å²) < 4.78 is 1.03. The van der Waals surface area contributed by atoms with E-state index in [0.29, 0.717) is 5.75 Å². The van der Waals surface area contributed by atoms with Gasteiger partial charge in [-0.25, -0.2) is 0 Å². The second kappa shape index (κ2) is 5.46. The first kappa shape index (κ1) is 14.9. The van der Waals surface area contributed by atoms with E-state index in [1.165, 1.54) is 0 Å². The highest BCUT2D eigenvalue weighted by molar-refractivity contribution is 9.10. The number of carboxylic acid groups (broad SMARTS) is 1. The molecular weight excluding hydrogens is 326 g/mol. The average molecular weight is 344 g/mol. The summed E-state index contributed by atoms with van der Waals surface area (Å²) >= 11 is 5.18. The van der Waals surface area contributed by atoms with Crippen LogP contribution < -0.4 is 0 Å². The lowest BCUT2D eigenvalue weighted by Crippen LogP contribution is -2.49. The fourth-order valence-corrected chi connectivity index (χ4v) is 4.48. The summed E-state index contributed by atoms with van der Waals surface area (Å²) in [5, 5.41) is 9.50. The first-order valence-electron chi connectivity index (χ1n) is 6.19. The molecule has 19 heavy (non-hydrogen) atoms. The van der Waals surface area contributed by atoms with Crippen molar-refractivity contribution in [2.24, 2.45) is 0 Å². The Balaban J connectivity index is 2.37. The molecule has 5 heteroatoms. The maximum atomic E-state index is 11.4. The van der Waals surface area contributed by atoms with E-state index in [4.69, 9.17) is 0 Å². The Bertz CT molecular complexity index is 487. The van der Waals surface area contributed by atoms with Crippen LogP contribution in [0.5, 0.6) is 0 Å². The Kier molecular flexibility index (Phi) is 4.28. The van der Waals surface area contributed by atoms with Gasteiger partial charge in [0.1, 0.15) is 6.04 Å². The Morgan fingerprint density at radius 3 is 2.68 bits per heavy atom. The molecule has 0 bridgehead atoms. The molecule has 1 heterocycles. The molecule has 2 rings (SSSR count). The van der Waals surface area contributed by atoms with E-state index in [9.17, 15) is 9.90 Å². The lowest BCUT2D eigenvalue weighted by molar-refractivity contribution is -0.144. The Labute approximate surface area is 126 Å². The molecule has 0 spiro atoms. The molecule has 2 atom stereocenters. The molecule has 1 N–H and O–H groups in total. The average Bonchev–Trinajstić information content (AvgIpc) is 2.73. The maximum Gasteiger partial charge on any atom is 0.321 e. The quantitative estimate of drug-likeness (QED) is 0.887. The van der Waals surface area contributed by atoms with E-state index in [-0.39, 0.29) is 10.9 Å². The van der Waals surface area contributed by atoms with Crippen LogP contribution in [0.3, 0.4) is 0 Å². The highest BCUT2D eigenvalue weighted by Gasteiger charge is 2.44. The van der Waals surface area contributed by atoms with Gasteiger partial charge in [-0.1, -0.05) is 28.1 Å². The zero-order valence-corrected chi connectivity index (χ0v) is 13.7. The van der Waals surface area contributed by atoms with Crippen molar-refractivity contribution in [2.75, 3.05) is 5.75 Å². The standard InChI is InChI=1S/C14H18BrNO2S/c1-14(2,3)16-11(13(17)18)8-19-12(16)9-5-4-6-10(15)7-9/h4-7,11-12H,8H2,1-3H3,(H,17,18)/t11-,12+/m0/s1. The molecule has 0 amide bonds. The van der Waals surface area contributed by atoms with E-state index in [0.717, 1.165) is 10.0 Å². The minimum Gasteiger partial charge on any atom is -0.480 e. The molecule has 1 saturated heterocycles. The molecule has 0 unspecified atom stereocenters. The Morgan fingerprint density at radius 1 is 1.47 bits per heavy atom. The van der Waals surface area contributed by atoms with Crippen molar-refractivity contribution in [2.45, 2.75) is 37.7 Å². The number of rotatable bonds is 2. The van der Waals surface area contributed by atoms with Gasteiger partial charge in [-0.2, -0.15) is 0 Å². The summed E-state index contributed by atoms with van der Waals surface area (Å²) in [7, 11) is 0. The molecule has 3 nitrogen and oxygen atoms in total. The van der Waals surface area contributed by atoms with Crippen molar-refractivity contribution in [3.63, 3.8) is 0 Å². The van der Waals surface area contributed by atoms with Gasteiger partial charge in [0.05, 0.1) is 5.37 Å². The number of halogens is 1. The Morgan fingerprint density at radius 2 is 2.16 bits per heavy atom. The van der Waals surface area contributed by atoms with Gasteiger partial charge in [0.2, 0.25) is 0 Å². The number of nitrogens with zero attached hydrogens (tertiary/aromatic N) is 1.